The van der Waals surface area contributed by atoms with Crippen molar-refractivity contribution in [3.63, 3.8) is 0 Å². The third-order valence-corrected chi connectivity index (χ3v) is 7.08. The number of aromatic nitrogens is 1. The van der Waals surface area contributed by atoms with Crippen LogP contribution in [0.4, 0.5) is 0 Å². The highest BCUT2D eigenvalue weighted by Gasteiger charge is 2.34. The van der Waals surface area contributed by atoms with Crippen LogP contribution in [0.1, 0.15) is 70.5 Å². The lowest BCUT2D eigenvalue weighted by Crippen LogP contribution is -2.39. The van der Waals surface area contributed by atoms with E-state index >= 15 is 0 Å². The number of aliphatic hydroxyl groups excluding tert-OH is 2. The van der Waals surface area contributed by atoms with Crippen LogP contribution in [0.2, 0.25) is 0 Å². The molecule has 0 unspecified atom stereocenters. The third-order valence-electron chi connectivity index (χ3n) is 6.29. The van der Waals surface area contributed by atoms with E-state index in [9.17, 15) is 19.8 Å². The fourth-order valence-electron chi connectivity index (χ4n) is 3.99. The maximum Gasteiger partial charge on any atom is 0.309 e. The predicted octanol–water partition coefficient (Wildman–Crippen LogP) is 4.49. The van der Waals surface area contributed by atoms with Crippen molar-refractivity contribution in [1.82, 2.24) is 4.98 Å². The molecule has 0 saturated carbocycles. The van der Waals surface area contributed by atoms with Gasteiger partial charge < -0.3 is 14.9 Å². The van der Waals surface area contributed by atoms with E-state index in [1.165, 1.54) is 0 Å². The van der Waals surface area contributed by atoms with Crippen molar-refractivity contribution in [2.24, 2.45) is 17.8 Å². The van der Waals surface area contributed by atoms with Gasteiger partial charge in [-0.3, -0.25) is 9.59 Å². The zero-order valence-electron chi connectivity index (χ0n) is 19.8. The molecular formula is C25H37NO5S. The number of carbonyl (C=O) groups excluding carboxylic acids is 2. The number of allylic oxidation sites excluding steroid dienone is 1. The largest absolute Gasteiger partial charge is 0.457 e. The van der Waals surface area contributed by atoms with Crippen molar-refractivity contribution in [3.8, 4) is 0 Å². The number of carbonyl (C=O) groups is 2. The molecular weight excluding hydrogens is 426 g/mol. The first-order valence-electron chi connectivity index (χ1n) is 11.4. The first-order chi connectivity index (χ1) is 15.1. The highest BCUT2D eigenvalue weighted by molar-refractivity contribution is 7.09. The first kappa shape index (κ1) is 26.4. The Kier molecular flexibility index (Phi) is 10.3. The third kappa shape index (κ3) is 7.64. The Labute approximate surface area is 195 Å². The van der Waals surface area contributed by atoms with E-state index in [1.807, 2.05) is 38.3 Å². The minimum absolute atomic E-state index is 0.0240. The average molecular weight is 464 g/mol. The molecule has 0 spiro atoms. The average Bonchev–Trinajstić information content (AvgIpc) is 3.16. The number of hydrogen-bond donors (Lipinski definition) is 2. The quantitative estimate of drug-likeness (QED) is 0.496. The number of cyclic esters (lactones) is 1. The van der Waals surface area contributed by atoms with E-state index in [2.05, 4.69) is 11.1 Å². The lowest BCUT2D eigenvalue weighted by molar-refractivity contribution is -0.151. The number of ketones is 1. The molecule has 0 bridgehead atoms. The summed E-state index contributed by atoms with van der Waals surface area (Å²) in [6.07, 6.45) is 6.41. The van der Waals surface area contributed by atoms with Crippen LogP contribution < -0.4 is 0 Å². The van der Waals surface area contributed by atoms with Crippen LogP contribution in [-0.4, -0.2) is 45.3 Å². The molecule has 0 fully saturated rings. The van der Waals surface area contributed by atoms with Gasteiger partial charge in [-0.05, 0) is 50.7 Å². The Morgan fingerprint density at radius 2 is 1.91 bits per heavy atom. The number of thiazole rings is 1. The molecule has 0 saturated heterocycles. The molecule has 1 aromatic rings. The molecule has 0 radical (unpaired) electrons. The Bertz CT molecular complexity index is 830. The topological polar surface area (TPSA) is 96.7 Å². The monoisotopic (exact) mass is 463 g/mol. The van der Waals surface area contributed by atoms with E-state index < -0.39 is 36.1 Å². The van der Waals surface area contributed by atoms with Crippen LogP contribution in [0.3, 0.4) is 0 Å². The van der Waals surface area contributed by atoms with Crippen LogP contribution in [0.25, 0.3) is 6.08 Å². The van der Waals surface area contributed by atoms with Gasteiger partial charge in [0.1, 0.15) is 11.9 Å². The van der Waals surface area contributed by atoms with Gasteiger partial charge in [-0.1, -0.05) is 32.9 Å². The standard InChI is InChI=1S/C25H37NO5S/c1-15-10-8-6-7-9-11-22(16(2)12-20-14-32-19(5)26-20)31-23(28)13-21(27)17(3)25(30)18(4)24(15)29/h7,9,12,14-15,17-18,21-22,24,27,29H,6,8,10-11,13H2,1-5H3/t15-,17-,18+,21-,22-,24-/m0/s1. The van der Waals surface area contributed by atoms with Gasteiger partial charge >= 0.3 is 5.97 Å². The van der Waals surface area contributed by atoms with Crippen LogP contribution in [0.5, 0.6) is 0 Å². The fourth-order valence-corrected chi connectivity index (χ4v) is 4.56. The molecule has 6 nitrogen and oxygen atoms in total. The summed E-state index contributed by atoms with van der Waals surface area (Å²) in [6, 6.07) is 0. The van der Waals surface area contributed by atoms with E-state index in [-0.39, 0.29) is 18.1 Å². The van der Waals surface area contributed by atoms with Gasteiger partial charge in [-0.25, -0.2) is 4.98 Å². The summed E-state index contributed by atoms with van der Waals surface area (Å²) in [5, 5.41) is 24.0. The molecule has 7 heteroatoms. The van der Waals surface area contributed by atoms with E-state index in [0.717, 1.165) is 35.5 Å². The van der Waals surface area contributed by atoms with Crippen LogP contribution in [-0.2, 0) is 14.3 Å². The summed E-state index contributed by atoms with van der Waals surface area (Å²) in [6.45, 7) is 9.10. The number of aliphatic hydroxyl groups is 2. The van der Waals surface area contributed by atoms with Gasteiger partial charge in [0, 0.05) is 23.6 Å². The van der Waals surface area contributed by atoms with Crippen molar-refractivity contribution < 1.29 is 24.5 Å². The molecule has 2 heterocycles. The molecule has 32 heavy (non-hydrogen) atoms. The van der Waals surface area contributed by atoms with Gasteiger partial charge in [-0.15, -0.1) is 11.3 Å². The van der Waals surface area contributed by atoms with Crippen molar-refractivity contribution in [2.45, 2.75) is 85.0 Å². The number of rotatable bonds is 2. The van der Waals surface area contributed by atoms with Crippen molar-refractivity contribution in [2.75, 3.05) is 0 Å². The smallest absolute Gasteiger partial charge is 0.309 e. The van der Waals surface area contributed by atoms with Crippen LogP contribution >= 0.6 is 11.3 Å². The van der Waals surface area contributed by atoms with Crippen molar-refractivity contribution >= 4 is 29.2 Å². The molecule has 1 aliphatic heterocycles. The number of aryl methyl sites for hydroxylation is 1. The zero-order chi connectivity index (χ0) is 23.8. The second-order valence-corrected chi connectivity index (χ2v) is 10.1. The van der Waals surface area contributed by atoms with Crippen LogP contribution in [0, 0.1) is 24.7 Å². The summed E-state index contributed by atoms with van der Waals surface area (Å²) in [5.41, 5.74) is 1.70. The van der Waals surface area contributed by atoms with E-state index in [0.29, 0.717) is 6.42 Å². The summed E-state index contributed by atoms with van der Waals surface area (Å²) < 4.78 is 5.71. The van der Waals surface area contributed by atoms with Gasteiger partial charge in [0.15, 0.2) is 0 Å². The Morgan fingerprint density at radius 1 is 1.19 bits per heavy atom. The second kappa shape index (κ2) is 12.4. The van der Waals surface area contributed by atoms with Crippen molar-refractivity contribution in [1.29, 1.82) is 0 Å². The minimum Gasteiger partial charge on any atom is -0.457 e. The molecule has 178 valence electrons. The first-order valence-corrected chi connectivity index (χ1v) is 12.3. The normalized spacial score (nSPS) is 32.0. The summed E-state index contributed by atoms with van der Waals surface area (Å²) in [7, 11) is 0. The molecule has 0 aromatic carbocycles. The number of hydrogen-bond acceptors (Lipinski definition) is 7. The predicted molar refractivity (Wildman–Crippen MR) is 127 cm³/mol. The van der Waals surface area contributed by atoms with Gasteiger partial charge in [0.25, 0.3) is 0 Å². The van der Waals surface area contributed by atoms with Gasteiger partial charge in [0.2, 0.25) is 0 Å². The maximum absolute atomic E-state index is 12.8. The molecule has 0 aliphatic carbocycles. The number of Topliss-reactive ketones (excluding diaryl/α,β-unsaturated/α-hetero) is 1. The molecule has 1 aromatic heterocycles. The molecule has 2 rings (SSSR count). The van der Waals surface area contributed by atoms with Crippen molar-refractivity contribution in [3.05, 3.63) is 33.8 Å². The van der Waals surface area contributed by atoms with E-state index in [4.69, 9.17) is 4.74 Å². The number of esters is 1. The molecule has 6 atom stereocenters. The summed E-state index contributed by atoms with van der Waals surface area (Å²) in [4.78, 5) is 29.8. The van der Waals surface area contributed by atoms with Gasteiger partial charge in [-0.2, -0.15) is 0 Å². The fraction of sp³-hybridized carbons (Fsp3) is 0.640. The molecule has 0 amide bonds. The SMILES string of the molecule is CC(=Cc1csc(C)n1)[C@@H]1CC=CCCC[C@H](C)[C@H](O)[C@@H](C)C(=O)[C@@H](C)[C@@H](O)CC(=O)O1. The molecule has 2 N–H and O–H groups in total. The van der Waals surface area contributed by atoms with E-state index in [1.54, 1.807) is 25.2 Å². The lowest BCUT2D eigenvalue weighted by Gasteiger charge is -2.28. The highest BCUT2D eigenvalue weighted by atomic mass is 32.1. The lowest BCUT2D eigenvalue weighted by atomic mass is 9.81. The van der Waals surface area contributed by atoms with Crippen LogP contribution in [0.15, 0.2) is 23.1 Å². The Balaban J connectivity index is 2.21. The number of nitrogens with zero attached hydrogens (tertiary/aromatic N) is 1. The highest BCUT2D eigenvalue weighted by Crippen LogP contribution is 2.25. The minimum atomic E-state index is -1.16. The Morgan fingerprint density at radius 3 is 2.56 bits per heavy atom. The summed E-state index contributed by atoms with van der Waals surface area (Å²) in [5.74, 6) is -2.17. The Hall–Kier alpha value is -1.83. The summed E-state index contributed by atoms with van der Waals surface area (Å²) >= 11 is 1.56. The maximum atomic E-state index is 12.8. The number of ether oxygens (including phenoxy) is 1. The molecule has 1 aliphatic rings. The zero-order valence-corrected chi connectivity index (χ0v) is 20.6. The second-order valence-electron chi connectivity index (χ2n) is 9.02. The van der Waals surface area contributed by atoms with Gasteiger partial charge in [0.05, 0.1) is 29.3 Å².